The van der Waals surface area contributed by atoms with Crippen molar-refractivity contribution in [1.82, 2.24) is 25.1 Å². The second-order valence-electron chi connectivity index (χ2n) is 8.15. The smallest absolute Gasteiger partial charge is 0.244 e. The third-order valence-electron chi connectivity index (χ3n) is 5.84. The van der Waals surface area contributed by atoms with E-state index in [1.54, 1.807) is 32.1 Å². The summed E-state index contributed by atoms with van der Waals surface area (Å²) in [5.41, 5.74) is 1.66. The Balaban J connectivity index is 1.42. The summed E-state index contributed by atoms with van der Waals surface area (Å²) in [6.45, 7) is 5.07. The first-order chi connectivity index (χ1) is 17.1. The van der Waals surface area contributed by atoms with Gasteiger partial charge < -0.3 is 19.7 Å². The molecule has 1 aliphatic rings. The maximum atomic E-state index is 12.4. The molecule has 0 spiro atoms. The topological polar surface area (TPSA) is 94.4 Å². The van der Waals surface area contributed by atoms with Crippen molar-refractivity contribution >= 4 is 40.6 Å². The second kappa shape index (κ2) is 11.9. The number of amides is 1. The number of hydrogen-bond donors (Lipinski definition) is 1. The summed E-state index contributed by atoms with van der Waals surface area (Å²) < 4.78 is 12.4. The number of fused-ring (bicyclic) bond motifs is 1. The molecule has 3 heterocycles. The van der Waals surface area contributed by atoms with Crippen molar-refractivity contribution in [3.63, 3.8) is 0 Å². The molecular formula is C25H32N6O3S. The van der Waals surface area contributed by atoms with Gasteiger partial charge in [0.15, 0.2) is 22.3 Å². The molecule has 1 aromatic carbocycles. The first kappa shape index (κ1) is 24.8. The van der Waals surface area contributed by atoms with Gasteiger partial charge in [0.1, 0.15) is 5.82 Å². The van der Waals surface area contributed by atoms with E-state index in [1.165, 1.54) is 25.3 Å². The van der Waals surface area contributed by atoms with Gasteiger partial charge in [0.05, 0.1) is 32.3 Å². The maximum Gasteiger partial charge on any atom is 0.244 e. The van der Waals surface area contributed by atoms with Crippen LogP contribution in [0.2, 0.25) is 0 Å². The summed E-state index contributed by atoms with van der Waals surface area (Å²) in [7, 11) is 3.18. The van der Waals surface area contributed by atoms with Crippen LogP contribution in [0.3, 0.4) is 0 Å². The van der Waals surface area contributed by atoms with Crippen molar-refractivity contribution in [3.05, 3.63) is 36.0 Å². The Labute approximate surface area is 209 Å². The highest BCUT2D eigenvalue weighted by molar-refractivity contribution is 7.99. The first-order valence-corrected chi connectivity index (χ1v) is 12.9. The van der Waals surface area contributed by atoms with Crippen LogP contribution < -0.4 is 19.7 Å². The standard InChI is InChI=1S/C25H32N6O3S/c1-4-35-25-28-23(30-13-6-5-7-14-30)19-17-27-31(24(19)29-25)15-12-26-22(32)11-9-18-8-10-20(33-2)21(16-18)34-3/h8-11,16-17H,4-7,12-15H2,1-3H3,(H,26,32). The lowest BCUT2D eigenvalue weighted by molar-refractivity contribution is -0.116. The van der Waals surface area contributed by atoms with E-state index < -0.39 is 0 Å². The molecule has 0 unspecified atom stereocenters. The number of carbonyl (C=O) groups excluding carboxylic acids is 1. The molecule has 186 valence electrons. The van der Waals surface area contributed by atoms with Gasteiger partial charge in [0, 0.05) is 25.7 Å². The predicted molar refractivity (Wildman–Crippen MR) is 139 cm³/mol. The Morgan fingerprint density at radius 2 is 1.94 bits per heavy atom. The summed E-state index contributed by atoms with van der Waals surface area (Å²) >= 11 is 1.63. The van der Waals surface area contributed by atoms with Crippen LogP contribution in [-0.4, -0.2) is 65.3 Å². The number of nitrogens with one attached hydrogen (secondary N) is 1. The van der Waals surface area contributed by atoms with Crippen molar-refractivity contribution in [2.24, 2.45) is 0 Å². The largest absolute Gasteiger partial charge is 0.493 e. The molecule has 3 aromatic rings. The summed E-state index contributed by atoms with van der Waals surface area (Å²) in [6, 6.07) is 5.50. The normalized spacial score (nSPS) is 14.0. The number of anilines is 1. The van der Waals surface area contributed by atoms with Crippen LogP contribution in [0.25, 0.3) is 17.1 Å². The van der Waals surface area contributed by atoms with Crippen molar-refractivity contribution < 1.29 is 14.3 Å². The molecule has 1 fully saturated rings. The molecular weight excluding hydrogens is 464 g/mol. The monoisotopic (exact) mass is 496 g/mol. The number of nitrogens with zero attached hydrogens (tertiary/aromatic N) is 5. The Kier molecular flexibility index (Phi) is 8.46. The fraction of sp³-hybridized carbons (Fsp3) is 0.440. The number of rotatable bonds is 10. The van der Waals surface area contributed by atoms with E-state index in [0.29, 0.717) is 24.6 Å². The van der Waals surface area contributed by atoms with Crippen LogP contribution >= 0.6 is 11.8 Å². The van der Waals surface area contributed by atoms with Gasteiger partial charge in [-0.15, -0.1) is 0 Å². The number of ether oxygens (including phenoxy) is 2. The SMILES string of the molecule is CCSc1nc(N2CCCCC2)c2cnn(CCNC(=O)C=Cc3ccc(OC)c(OC)c3)c2n1. The molecule has 0 radical (unpaired) electrons. The van der Waals surface area contributed by atoms with Crippen LogP contribution in [0.5, 0.6) is 11.5 Å². The molecule has 2 aromatic heterocycles. The zero-order chi connectivity index (χ0) is 24.6. The van der Waals surface area contributed by atoms with E-state index in [0.717, 1.165) is 46.4 Å². The Morgan fingerprint density at radius 1 is 1.14 bits per heavy atom. The average Bonchev–Trinajstić information content (AvgIpc) is 3.30. The van der Waals surface area contributed by atoms with Crippen LogP contribution in [0.15, 0.2) is 35.6 Å². The fourth-order valence-electron chi connectivity index (χ4n) is 4.10. The number of methoxy groups -OCH3 is 2. The maximum absolute atomic E-state index is 12.4. The third kappa shape index (κ3) is 6.05. The Morgan fingerprint density at radius 3 is 2.69 bits per heavy atom. The zero-order valence-electron chi connectivity index (χ0n) is 20.5. The number of benzene rings is 1. The number of hydrogen-bond acceptors (Lipinski definition) is 8. The molecule has 1 saturated heterocycles. The van der Waals surface area contributed by atoms with Gasteiger partial charge >= 0.3 is 0 Å². The van der Waals surface area contributed by atoms with Gasteiger partial charge in [-0.1, -0.05) is 24.8 Å². The summed E-state index contributed by atoms with van der Waals surface area (Å²) in [4.78, 5) is 24.3. The Bertz CT molecular complexity index is 1190. The summed E-state index contributed by atoms with van der Waals surface area (Å²) in [5.74, 6) is 2.96. The quantitative estimate of drug-likeness (QED) is 0.258. The predicted octanol–water partition coefficient (Wildman–Crippen LogP) is 3.78. The highest BCUT2D eigenvalue weighted by Gasteiger charge is 2.20. The van der Waals surface area contributed by atoms with Crippen molar-refractivity contribution in [1.29, 1.82) is 0 Å². The number of thioether (sulfide) groups is 1. The number of carbonyl (C=O) groups is 1. The van der Waals surface area contributed by atoms with Gasteiger partial charge in [-0.2, -0.15) is 5.10 Å². The highest BCUT2D eigenvalue weighted by atomic mass is 32.2. The lowest BCUT2D eigenvalue weighted by Gasteiger charge is -2.28. The number of aromatic nitrogens is 4. The van der Waals surface area contributed by atoms with Gasteiger partial charge in [-0.25, -0.2) is 14.6 Å². The minimum atomic E-state index is -0.179. The van der Waals surface area contributed by atoms with Gasteiger partial charge in [-0.05, 0) is 48.8 Å². The lowest BCUT2D eigenvalue weighted by atomic mass is 10.1. The summed E-state index contributed by atoms with van der Waals surface area (Å²) in [5, 5.41) is 9.22. The minimum Gasteiger partial charge on any atom is -0.493 e. The molecule has 0 bridgehead atoms. The molecule has 1 N–H and O–H groups in total. The average molecular weight is 497 g/mol. The van der Waals surface area contributed by atoms with Crippen LogP contribution in [0.1, 0.15) is 31.7 Å². The van der Waals surface area contributed by atoms with Crippen molar-refractivity contribution in [2.45, 2.75) is 37.9 Å². The molecule has 1 amide bonds. The molecule has 35 heavy (non-hydrogen) atoms. The third-order valence-corrected chi connectivity index (χ3v) is 6.57. The van der Waals surface area contributed by atoms with E-state index in [1.807, 2.05) is 29.1 Å². The molecule has 0 atom stereocenters. The van der Waals surface area contributed by atoms with Gasteiger partial charge in [0.2, 0.25) is 5.91 Å². The lowest BCUT2D eigenvalue weighted by Crippen LogP contribution is -2.30. The van der Waals surface area contributed by atoms with E-state index >= 15 is 0 Å². The molecule has 10 heteroatoms. The number of piperidine rings is 1. The minimum absolute atomic E-state index is 0.179. The molecule has 1 aliphatic heterocycles. The van der Waals surface area contributed by atoms with Crippen LogP contribution in [0.4, 0.5) is 5.82 Å². The van der Waals surface area contributed by atoms with Crippen LogP contribution in [-0.2, 0) is 11.3 Å². The zero-order valence-corrected chi connectivity index (χ0v) is 21.3. The van der Waals surface area contributed by atoms with Gasteiger partial charge in [-0.3, -0.25) is 4.79 Å². The van der Waals surface area contributed by atoms with E-state index in [9.17, 15) is 4.79 Å². The van der Waals surface area contributed by atoms with Gasteiger partial charge in [0.25, 0.3) is 0 Å². The first-order valence-electron chi connectivity index (χ1n) is 11.9. The molecule has 0 aliphatic carbocycles. The van der Waals surface area contributed by atoms with Crippen LogP contribution in [0, 0.1) is 0 Å². The van der Waals surface area contributed by atoms with Crippen molar-refractivity contribution in [2.75, 3.05) is 44.5 Å². The molecule has 9 nitrogen and oxygen atoms in total. The molecule has 4 rings (SSSR count). The van der Waals surface area contributed by atoms with E-state index in [2.05, 4.69) is 22.2 Å². The van der Waals surface area contributed by atoms with E-state index in [4.69, 9.17) is 19.4 Å². The molecule has 0 saturated carbocycles. The fourth-order valence-corrected chi connectivity index (χ4v) is 4.66. The van der Waals surface area contributed by atoms with Crippen molar-refractivity contribution in [3.8, 4) is 11.5 Å². The summed E-state index contributed by atoms with van der Waals surface area (Å²) in [6.07, 6.45) is 8.72. The highest BCUT2D eigenvalue weighted by Crippen LogP contribution is 2.29. The Hall–Kier alpha value is -3.27. The second-order valence-corrected chi connectivity index (χ2v) is 9.39. The van der Waals surface area contributed by atoms with E-state index in [-0.39, 0.29) is 5.91 Å².